The lowest BCUT2D eigenvalue weighted by Crippen LogP contribution is -2.21. The molecule has 1 saturated carbocycles. The third-order valence-electron chi connectivity index (χ3n) is 4.06. The minimum absolute atomic E-state index is 0.383. The van der Waals surface area contributed by atoms with Crippen LogP contribution < -0.4 is 10.6 Å². The number of anilines is 2. The molecule has 140 valence electrons. The molecule has 10 heteroatoms. The van der Waals surface area contributed by atoms with Gasteiger partial charge in [0.15, 0.2) is 11.6 Å². The van der Waals surface area contributed by atoms with E-state index in [9.17, 15) is 4.79 Å². The molecule has 4 rings (SSSR count). The van der Waals surface area contributed by atoms with Crippen molar-refractivity contribution in [1.82, 2.24) is 25.5 Å². The minimum atomic E-state index is -0.468. The van der Waals surface area contributed by atoms with Crippen LogP contribution in [0.1, 0.15) is 29.3 Å². The maximum Gasteiger partial charge on any atom is 0.407 e. The Hall–Kier alpha value is -2.65. The van der Waals surface area contributed by atoms with E-state index in [2.05, 4.69) is 35.5 Å². The van der Waals surface area contributed by atoms with Gasteiger partial charge in [-0.1, -0.05) is 11.6 Å². The zero-order chi connectivity index (χ0) is 18.8. The summed E-state index contributed by atoms with van der Waals surface area (Å²) < 4.78 is 4.57. The van der Waals surface area contributed by atoms with Gasteiger partial charge in [-0.2, -0.15) is 5.10 Å². The van der Waals surface area contributed by atoms with Crippen molar-refractivity contribution in [3.63, 3.8) is 0 Å². The summed E-state index contributed by atoms with van der Waals surface area (Å²) in [6.45, 7) is 0.383. The first kappa shape index (κ1) is 17.7. The van der Waals surface area contributed by atoms with Crippen LogP contribution in [0.5, 0.6) is 0 Å². The second kappa shape index (κ2) is 7.53. The van der Waals surface area contributed by atoms with Crippen molar-refractivity contribution in [3.05, 3.63) is 40.0 Å². The molecule has 0 atom stereocenters. The van der Waals surface area contributed by atoms with Crippen LogP contribution in [0.3, 0.4) is 0 Å². The van der Waals surface area contributed by atoms with Crippen LogP contribution in [0.15, 0.2) is 24.4 Å². The van der Waals surface area contributed by atoms with Gasteiger partial charge in [0, 0.05) is 16.9 Å². The van der Waals surface area contributed by atoms with Crippen molar-refractivity contribution in [2.75, 3.05) is 12.4 Å². The molecular weight excluding hydrogens is 388 g/mol. The van der Waals surface area contributed by atoms with E-state index >= 15 is 0 Å². The first-order valence-electron chi connectivity index (χ1n) is 8.38. The lowest BCUT2D eigenvalue weighted by molar-refractivity contribution is 0.170. The normalized spacial score (nSPS) is 13.4. The second-order valence-electron chi connectivity index (χ2n) is 6.11. The Morgan fingerprint density at radius 3 is 3.07 bits per heavy atom. The number of thiophene rings is 1. The highest BCUT2D eigenvalue weighted by atomic mass is 35.5. The molecule has 0 unspecified atom stereocenters. The average Bonchev–Trinajstić information content (AvgIpc) is 3.23. The van der Waals surface area contributed by atoms with Gasteiger partial charge in [-0.05, 0) is 25.0 Å². The molecule has 0 saturated heterocycles. The number of ether oxygens (including phenoxy) is 1. The number of nitrogens with zero attached hydrogens (tertiary/aromatic N) is 3. The molecule has 27 heavy (non-hydrogen) atoms. The fraction of sp³-hybridized carbons (Fsp3) is 0.294. The number of alkyl carbamates (subject to hydrolysis) is 1. The molecule has 1 aliphatic carbocycles. The number of carbonyl (C=O) groups is 1. The highest BCUT2D eigenvalue weighted by Crippen LogP contribution is 2.40. The molecule has 3 N–H and O–H groups in total. The van der Waals surface area contributed by atoms with Crippen molar-refractivity contribution in [2.24, 2.45) is 0 Å². The molecule has 8 nitrogen and oxygen atoms in total. The predicted octanol–water partition coefficient (Wildman–Crippen LogP) is 4.06. The molecule has 3 heterocycles. The SMILES string of the molecule is COC(=O)NCc1ccc(-c2ncc(Cl)c(Nc3cc(C4CC4)n[nH]3)n2)s1. The highest BCUT2D eigenvalue weighted by Gasteiger charge is 2.26. The van der Waals surface area contributed by atoms with E-state index in [1.807, 2.05) is 18.2 Å². The number of hydrogen-bond donors (Lipinski definition) is 3. The Morgan fingerprint density at radius 1 is 1.44 bits per heavy atom. The molecule has 3 aromatic heterocycles. The number of nitrogens with one attached hydrogen (secondary N) is 3. The topological polar surface area (TPSA) is 105 Å². The Labute approximate surface area is 164 Å². The van der Waals surface area contributed by atoms with Gasteiger partial charge in [0.05, 0.1) is 30.4 Å². The van der Waals surface area contributed by atoms with Gasteiger partial charge in [-0.15, -0.1) is 11.3 Å². The number of halogens is 1. The summed E-state index contributed by atoms with van der Waals surface area (Å²) in [5.74, 6) is 2.38. The number of aromatic nitrogens is 4. The molecule has 1 aliphatic rings. The summed E-state index contributed by atoms with van der Waals surface area (Å²) >= 11 is 7.73. The Kier molecular flexibility index (Phi) is 4.95. The molecule has 0 aliphatic heterocycles. The summed E-state index contributed by atoms with van der Waals surface area (Å²) in [5, 5.41) is 13.5. The number of H-pyrrole nitrogens is 1. The average molecular weight is 405 g/mol. The van der Waals surface area contributed by atoms with Crippen LogP contribution >= 0.6 is 22.9 Å². The van der Waals surface area contributed by atoms with Crippen molar-refractivity contribution < 1.29 is 9.53 Å². The van der Waals surface area contributed by atoms with Crippen molar-refractivity contribution in [1.29, 1.82) is 0 Å². The lowest BCUT2D eigenvalue weighted by atomic mass is 10.3. The third-order valence-corrected chi connectivity index (χ3v) is 5.42. The smallest absolute Gasteiger partial charge is 0.407 e. The quantitative estimate of drug-likeness (QED) is 0.572. The Bertz CT molecular complexity index is 968. The Morgan fingerprint density at radius 2 is 2.30 bits per heavy atom. The van der Waals surface area contributed by atoms with E-state index in [0.29, 0.717) is 29.1 Å². The fourth-order valence-electron chi connectivity index (χ4n) is 2.52. The molecule has 0 spiro atoms. The van der Waals surface area contributed by atoms with Crippen molar-refractivity contribution in [3.8, 4) is 10.7 Å². The van der Waals surface area contributed by atoms with Gasteiger partial charge in [0.1, 0.15) is 10.8 Å². The standard InChI is InChI=1S/C17H17ClN6O2S/c1-26-17(25)20-7-10-4-5-13(27-10)16-19-8-11(18)15(22-16)21-14-6-12(23-24-14)9-2-3-9/h4-6,8-9H,2-3,7H2,1H3,(H,20,25)(H2,19,21,22,23,24). The van der Waals surface area contributed by atoms with Crippen LogP contribution in [-0.2, 0) is 11.3 Å². The minimum Gasteiger partial charge on any atom is -0.453 e. The van der Waals surface area contributed by atoms with E-state index in [1.165, 1.54) is 31.3 Å². The van der Waals surface area contributed by atoms with Gasteiger partial charge in [-0.3, -0.25) is 5.10 Å². The number of rotatable bonds is 6. The van der Waals surface area contributed by atoms with E-state index in [4.69, 9.17) is 11.6 Å². The first-order chi connectivity index (χ1) is 13.1. The van der Waals surface area contributed by atoms with Crippen molar-refractivity contribution in [2.45, 2.75) is 25.3 Å². The summed E-state index contributed by atoms with van der Waals surface area (Å²) in [6, 6.07) is 5.81. The summed E-state index contributed by atoms with van der Waals surface area (Å²) in [5.41, 5.74) is 1.06. The van der Waals surface area contributed by atoms with Gasteiger partial charge < -0.3 is 15.4 Å². The van der Waals surface area contributed by atoms with Crippen LogP contribution in [0.2, 0.25) is 5.02 Å². The van der Waals surface area contributed by atoms with E-state index in [-0.39, 0.29) is 0 Å². The zero-order valence-electron chi connectivity index (χ0n) is 14.5. The summed E-state index contributed by atoms with van der Waals surface area (Å²) in [7, 11) is 1.33. The maximum atomic E-state index is 11.2. The van der Waals surface area contributed by atoms with Gasteiger partial charge in [0.25, 0.3) is 0 Å². The Balaban J connectivity index is 1.49. The fourth-order valence-corrected chi connectivity index (χ4v) is 3.54. The summed E-state index contributed by atoms with van der Waals surface area (Å²) in [6.07, 6.45) is 3.48. The number of carbonyl (C=O) groups excluding carboxylic acids is 1. The van der Waals surface area contributed by atoms with Crippen LogP contribution in [-0.4, -0.2) is 33.4 Å². The van der Waals surface area contributed by atoms with E-state index in [0.717, 1.165) is 21.3 Å². The van der Waals surface area contributed by atoms with Crippen LogP contribution in [0.25, 0.3) is 10.7 Å². The largest absolute Gasteiger partial charge is 0.453 e. The molecular formula is C17H17ClN6O2S. The molecule has 1 fully saturated rings. The summed E-state index contributed by atoms with van der Waals surface area (Å²) in [4.78, 5) is 21.9. The van der Waals surface area contributed by atoms with Crippen LogP contribution in [0, 0.1) is 0 Å². The lowest BCUT2D eigenvalue weighted by Gasteiger charge is -2.06. The molecule has 0 radical (unpaired) electrons. The second-order valence-corrected chi connectivity index (χ2v) is 7.68. The first-order valence-corrected chi connectivity index (χ1v) is 9.57. The maximum absolute atomic E-state index is 11.2. The number of aromatic amines is 1. The van der Waals surface area contributed by atoms with Crippen LogP contribution in [0.4, 0.5) is 16.4 Å². The molecule has 0 aromatic carbocycles. The predicted molar refractivity (Wildman–Crippen MR) is 103 cm³/mol. The molecule has 0 bridgehead atoms. The van der Waals surface area contributed by atoms with E-state index in [1.54, 1.807) is 6.20 Å². The third kappa shape index (κ3) is 4.20. The van der Waals surface area contributed by atoms with Gasteiger partial charge in [-0.25, -0.2) is 14.8 Å². The highest BCUT2D eigenvalue weighted by molar-refractivity contribution is 7.15. The van der Waals surface area contributed by atoms with E-state index < -0.39 is 6.09 Å². The zero-order valence-corrected chi connectivity index (χ0v) is 16.0. The molecule has 1 amide bonds. The number of methoxy groups -OCH3 is 1. The number of hydrogen-bond acceptors (Lipinski definition) is 7. The molecule has 3 aromatic rings. The monoisotopic (exact) mass is 404 g/mol. The van der Waals surface area contributed by atoms with Gasteiger partial charge >= 0.3 is 6.09 Å². The van der Waals surface area contributed by atoms with Gasteiger partial charge in [0.2, 0.25) is 0 Å². The van der Waals surface area contributed by atoms with Crippen molar-refractivity contribution >= 4 is 40.7 Å². The number of amides is 1.